The molecule has 7 nitrogen and oxygen atoms in total. The third-order valence-electron chi connectivity index (χ3n) is 8.45. The first-order valence-electron chi connectivity index (χ1n) is 19.7. The van der Waals surface area contributed by atoms with Crippen molar-refractivity contribution in [3.63, 3.8) is 0 Å². The Bertz CT molecular complexity index is 842. The number of unbranched alkanes of at least 4 members (excludes halogenated alkanes) is 22. The Labute approximate surface area is 308 Å². The Kier molecular flexibility index (Phi) is 35.7. The van der Waals surface area contributed by atoms with Crippen molar-refractivity contribution < 1.29 is 33.0 Å². The second-order valence-electron chi connectivity index (χ2n) is 13.3. The van der Waals surface area contributed by atoms with Gasteiger partial charge in [-0.25, -0.2) is 0 Å². The number of ether oxygens (including phenoxy) is 2. The van der Waals surface area contributed by atoms with Crippen LogP contribution < -0.4 is 0 Å². The second kappa shape index (κ2) is 36.2. The van der Waals surface area contributed by atoms with E-state index in [9.17, 15) is 19.0 Å². The molecule has 0 aromatic heterocycles. The molecule has 2 atom stereocenters. The third kappa shape index (κ3) is 38.2. The van der Waals surface area contributed by atoms with Crippen molar-refractivity contribution in [3.05, 3.63) is 24.3 Å². The molecule has 48 heavy (non-hydrogen) atoms. The zero-order valence-electron chi connectivity index (χ0n) is 30.9. The first-order valence-corrected chi connectivity index (χ1v) is 25.1. The number of allylic oxidation sites excluding steroid dienone is 4. The molecule has 0 aliphatic carbocycles. The Morgan fingerprint density at radius 3 is 1.31 bits per heavy atom. The predicted molar refractivity (Wildman–Crippen MR) is 201 cm³/mol. The molecule has 0 fully saturated rings. The van der Waals surface area contributed by atoms with E-state index >= 15 is 0 Å². The number of carbonyl (C=O) groups excluding carboxylic acids is 2. The fourth-order valence-corrected chi connectivity index (χ4v) is 6.49. The van der Waals surface area contributed by atoms with Crippen LogP contribution in [-0.4, -0.2) is 58.1 Å². The normalized spacial score (nSPS) is 13.7. The molecule has 0 aromatic rings. The van der Waals surface area contributed by atoms with E-state index in [1.54, 1.807) is 0 Å². The van der Waals surface area contributed by atoms with E-state index in [-0.39, 0.29) is 25.6 Å². The summed E-state index contributed by atoms with van der Waals surface area (Å²) in [6.07, 6.45) is 39.8. The Balaban J connectivity index is 3.97. The molecule has 0 heterocycles. The Morgan fingerprint density at radius 1 is 0.562 bits per heavy atom. The summed E-state index contributed by atoms with van der Waals surface area (Å²) in [5, 5.41) is -3.66. The van der Waals surface area contributed by atoms with Gasteiger partial charge in [0.15, 0.2) is 0 Å². The molecule has 0 aliphatic heterocycles. The van der Waals surface area contributed by atoms with Gasteiger partial charge in [0.1, 0.15) is 0 Å². The van der Waals surface area contributed by atoms with E-state index < -0.39 is 17.3 Å². The third-order valence-corrected chi connectivity index (χ3v) is 10.1. The van der Waals surface area contributed by atoms with E-state index in [0.29, 0.717) is 28.4 Å². The van der Waals surface area contributed by atoms with Gasteiger partial charge < -0.3 is 0 Å². The summed E-state index contributed by atoms with van der Waals surface area (Å²) >= 11 is 0.361. The first-order chi connectivity index (χ1) is 23.3. The van der Waals surface area contributed by atoms with E-state index in [1.807, 2.05) is 0 Å². The van der Waals surface area contributed by atoms with E-state index in [2.05, 4.69) is 38.2 Å². The minimum absolute atomic E-state index is 0.169. The van der Waals surface area contributed by atoms with Gasteiger partial charge in [-0.05, 0) is 44.9 Å². The van der Waals surface area contributed by atoms with Crippen LogP contribution in [0.1, 0.15) is 194 Å². The molecule has 0 saturated heterocycles. The van der Waals surface area contributed by atoms with Gasteiger partial charge >= 0.3 is 162 Å². The van der Waals surface area contributed by atoms with E-state index in [1.165, 1.54) is 103 Å². The summed E-state index contributed by atoms with van der Waals surface area (Å²) in [6.45, 7) is 4.07. The van der Waals surface area contributed by atoms with Crippen molar-refractivity contribution in [3.8, 4) is 0 Å². The molecular formula is C39H72O7PSn. The van der Waals surface area contributed by atoms with E-state index in [4.69, 9.17) is 14.0 Å². The molecule has 279 valence electrons. The predicted octanol–water partition coefficient (Wildman–Crippen LogP) is 11.8. The summed E-state index contributed by atoms with van der Waals surface area (Å²) in [5.74, 6) is -0.743. The van der Waals surface area contributed by atoms with Crippen LogP contribution in [0.4, 0.5) is 0 Å². The zero-order chi connectivity index (χ0) is 35.4. The second-order valence-corrected chi connectivity index (χ2v) is 19.4. The summed E-state index contributed by atoms with van der Waals surface area (Å²) < 4.78 is 27.5. The minimum Gasteiger partial charge on any atom is -0.0885 e. The molecule has 0 aromatic carbocycles. The summed E-state index contributed by atoms with van der Waals surface area (Å²) in [7, 11) is 0. The van der Waals surface area contributed by atoms with Gasteiger partial charge in [-0.1, -0.05) is 102 Å². The smallest absolute Gasteiger partial charge is 0.0885 e. The van der Waals surface area contributed by atoms with Crippen LogP contribution in [0.5, 0.6) is 0 Å². The fourth-order valence-electron chi connectivity index (χ4n) is 5.48. The van der Waals surface area contributed by atoms with Crippen LogP contribution in [0.15, 0.2) is 24.3 Å². The molecule has 0 rings (SSSR count). The summed E-state index contributed by atoms with van der Waals surface area (Å²) in [4.78, 5) is 34.3. The molecule has 1 N–H and O–H groups in total. The van der Waals surface area contributed by atoms with Gasteiger partial charge in [-0.3, -0.25) is 0 Å². The zero-order valence-corrected chi connectivity index (χ0v) is 34.7. The van der Waals surface area contributed by atoms with Gasteiger partial charge in [0.05, 0.1) is 0 Å². The van der Waals surface area contributed by atoms with Crippen LogP contribution in [0.3, 0.4) is 0 Å². The molecular weight excluding hydrogens is 730 g/mol. The van der Waals surface area contributed by atoms with Crippen molar-refractivity contribution in [2.75, 3.05) is 13.2 Å². The number of hydrogen-bond acceptors (Lipinski definition) is 6. The molecule has 0 saturated carbocycles. The Hall–Kier alpha value is -0.631. The summed E-state index contributed by atoms with van der Waals surface area (Å²) in [5.41, 5.74) is 0. The van der Waals surface area contributed by atoms with Crippen molar-refractivity contribution >= 4 is 39.2 Å². The van der Waals surface area contributed by atoms with Crippen molar-refractivity contribution in [2.45, 2.75) is 200 Å². The SMILES string of the molecule is CCCCCCCC/C=C\CCCCCCCC(=O)OC[C@H](CO[P](=O)(O)[Sn])OC(=O)CCCCCCC/C=C\CCCCCCCC. The monoisotopic (exact) mass is 803 g/mol. The molecule has 9 heteroatoms. The van der Waals surface area contributed by atoms with Crippen LogP contribution in [0, 0.1) is 0 Å². The number of esters is 2. The van der Waals surface area contributed by atoms with Gasteiger partial charge in [0, 0.05) is 0 Å². The van der Waals surface area contributed by atoms with Gasteiger partial charge in [0.25, 0.3) is 0 Å². The van der Waals surface area contributed by atoms with Crippen molar-refractivity contribution in [2.24, 2.45) is 0 Å². The van der Waals surface area contributed by atoms with Crippen LogP contribution in [-0.2, 0) is 28.2 Å². The van der Waals surface area contributed by atoms with Gasteiger partial charge in [-0.15, -0.1) is 0 Å². The van der Waals surface area contributed by atoms with Crippen LogP contribution in [0.25, 0.3) is 0 Å². The fraction of sp³-hybridized carbons (Fsp3) is 0.846. The van der Waals surface area contributed by atoms with E-state index in [0.717, 1.165) is 64.2 Å². The van der Waals surface area contributed by atoms with Crippen molar-refractivity contribution in [1.82, 2.24) is 0 Å². The topological polar surface area (TPSA) is 99.1 Å². The average molecular weight is 803 g/mol. The standard InChI is InChI=1S/C39H71O7P.Sn/c1-3-5-7-9-11-13-15-17-19-21-23-25-27-29-31-33-38(40)44-35-37(36-45-47(42)43)46-39(41)34-32-30-28-26-24-22-20-18-16-14-12-10-8-6-4-2;/h17-20,37H,3-16,21-36H2,1-2H3;/q;-1/p+1/b19-17-,20-18-;/t37-;/m1./s1. The Morgan fingerprint density at radius 2 is 0.917 bits per heavy atom. The molecule has 0 spiro atoms. The maximum absolute atomic E-state index is 12.4. The molecule has 0 aliphatic rings. The minimum atomic E-state index is -3.66. The van der Waals surface area contributed by atoms with Gasteiger partial charge in [0.2, 0.25) is 0 Å². The molecule has 3 radical (unpaired) electrons. The quantitative estimate of drug-likeness (QED) is 0.0221. The summed E-state index contributed by atoms with van der Waals surface area (Å²) in [6, 6.07) is 0. The number of rotatable bonds is 36. The van der Waals surface area contributed by atoms with Crippen molar-refractivity contribution in [1.29, 1.82) is 0 Å². The first kappa shape index (κ1) is 47.4. The van der Waals surface area contributed by atoms with Crippen LogP contribution >= 0.6 is 5.25 Å². The van der Waals surface area contributed by atoms with Crippen LogP contribution in [0.2, 0.25) is 0 Å². The number of hydrogen-bond donors (Lipinski definition) is 1. The molecule has 1 unspecified atom stereocenters. The molecule has 0 amide bonds. The number of carbonyl (C=O) groups is 2. The van der Waals surface area contributed by atoms with Gasteiger partial charge in [-0.2, -0.15) is 0 Å². The average Bonchev–Trinajstić information content (AvgIpc) is 3.05. The maximum atomic E-state index is 12.4. The molecule has 0 bridgehead atoms.